The third kappa shape index (κ3) is 2.94. The lowest BCUT2D eigenvalue weighted by atomic mass is 9.91. The van der Waals surface area contributed by atoms with E-state index in [4.69, 9.17) is 0 Å². The number of hydrogen-bond acceptors (Lipinski definition) is 1. The first-order valence-corrected chi connectivity index (χ1v) is 8.10. The van der Waals surface area contributed by atoms with Crippen LogP contribution in [0.1, 0.15) is 29.5 Å². The molecule has 0 fully saturated rings. The van der Waals surface area contributed by atoms with E-state index in [1.165, 1.54) is 13.0 Å². The third-order valence-corrected chi connectivity index (χ3v) is 4.60. The van der Waals surface area contributed by atoms with E-state index in [9.17, 15) is 9.18 Å². The third-order valence-electron chi connectivity index (χ3n) is 4.26. The van der Waals surface area contributed by atoms with Crippen molar-refractivity contribution in [2.45, 2.75) is 18.3 Å². The van der Waals surface area contributed by atoms with Crippen molar-refractivity contribution in [1.82, 2.24) is 0 Å². The van der Waals surface area contributed by atoms with Crippen LogP contribution in [-0.2, 0) is 10.2 Å². The van der Waals surface area contributed by atoms with Crippen molar-refractivity contribution in [3.8, 4) is 0 Å². The van der Waals surface area contributed by atoms with Crippen LogP contribution in [0.2, 0.25) is 0 Å². The Bertz CT molecular complexity index is 766. The Morgan fingerprint density at radius 1 is 1.35 bits per heavy atom. The van der Waals surface area contributed by atoms with Gasteiger partial charge in [-0.2, -0.15) is 0 Å². The highest BCUT2D eigenvalue weighted by atomic mass is 31.0. The van der Waals surface area contributed by atoms with Crippen molar-refractivity contribution in [2.24, 2.45) is 0 Å². The Balaban J connectivity index is 2.05. The number of anilines is 1. The molecular formula is C19H19FNOP. The van der Waals surface area contributed by atoms with E-state index in [1.807, 2.05) is 42.5 Å². The SMILES string of the molecule is C=CC(=O)N1C[C@H](c2cccc(C(C)(F)P)c2)c2ccccc21. The van der Waals surface area contributed by atoms with Crippen molar-refractivity contribution in [3.63, 3.8) is 0 Å². The van der Waals surface area contributed by atoms with Gasteiger partial charge in [0.2, 0.25) is 5.91 Å². The molecule has 0 N–H and O–H groups in total. The van der Waals surface area contributed by atoms with Crippen LogP contribution in [0.25, 0.3) is 0 Å². The molecule has 4 heteroatoms. The predicted octanol–water partition coefficient (Wildman–Crippen LogP) is 4.37. The first kappa shape index (κ1) is 15.9. The molecule has 0 aromatic heterocycles. The van der Waals surface area contributed by atoms with Crippen LogP contribution in [0.3, 0.4) is 0 Å². The molecule has 1 amide bonds. The second kappa shape index (κ2) is 5.90. The Labute approximate surface area is 138 Å². The summed E-state index contributed by atoms with van der Waals surface area (Å²) in [4.78, 5) is 13.9. The van der Waals surface area contributed by atoms with Crippen molar-refractivity contribution >= 4 is 20.8 Å². The zero-order chi connectivity index (χ0) is 16.6. The van der Waals surface area contributed by atoms with E-state index in [2.05, 4.69) is 15.8 Å². The normalized spacial score (nSPS) is 19.1. The zero-order valence-corrected chi connectivity index (χ0v) is 14.2. The fraction of sp³-hybridized carbons (Fsp3) is 0.211. The number of fused-ring (bicyclic) bond motifs is 1. The molecule has 0 radical (unpaired) electrons. The molecule has 1 aliphatic heterocycles. The maximum Gasteiger partial charge on any atom is 0.250 e. The molecule has 1 heterocycles. The number of alkyl halides is 1. The molecule has 118 valence electrons. The minimum absolute atomic E-state index is 0.0439. The summed E-state index contributed by atoms with van der Waals surface area (Å²) in [5, 5.41) is -1.47. The topological polar surface area (TPSA) is 20.3 Å². The van der Waals surface area contributed by atoms with E-state index >= 15 is 0 Å². The number of carbonyl (C=O) groups excluding carboxylic acids is 1. The van der Waals surface area contributed by atoms with Crippen molar-refractivity contribution in [1.29, 1.82) is 0 Å². The number of benzene rings is 2. The summed E-state index contributed by atoms with van der Waals surface area (Å²) in [6.07, 6.45) is 1.33. The molecular weight excluding hydrogens is 308 g/mol. The smallest absolute Gasteiger partial charge is 0.250 e. The van der Waals surface area contributed by atoms with Gasteiger partial charge in [0.05, 0.1) is 0 Å². The zero-order valence-electron chi connectivity index (χ0n) is 13.0. The molecule has 0 saturated heterocycles. The maximum atomic E-state index is 14.2. The summed E-state index contributed by atoms with van der Waals surface area (Å²) in [6.45, 7) is 5.65. The molecule has 0 aliphatic carbocycles. The Morgan fingerprint density at radius 3 is 2.78 bits per heavy atom. The van der Waals surface area contributed by atoms with Gasteiger partial charge in [0.1, 0.15) is 5.41 Å². The van der Waals surface area contributed by atoms with Gasteiger partial charge >= 0.3 is 0 Å². The summed E-state index contributed by atoms with van der Waals surface area (Å²) >= 11 is 0. The second-order valence-electron chi connectivity index (χ2n) is 5.97. The molecule has 2 aromatic carbocycles. The summed E-state index contributed by atoms with van der Waals surface area (Å²) in [6, 6.07) is 15.4. The lowest BCUT2D eigenvalue weighted by Gasteiger charge is -2.19. The Kier molecular flexibility index (Phi) is 4.08. The number of amides is 1. The van der Waals surface area contributed by atoms with Crippen molar-refractivity contribution < 1.29 is 9.18 Å². The second-order valence-corrected chi connectivity index (χ2v) is 7.05. The lowest BCUT2D eigenvalue weighted by molar-refractivity contribution is -0.114. The Hall–Kier alpha value is -1.99. The number of rotatable bonds is 3. The van der Waals surface area contributed by atoms with Crippen LogP contribution in [0, 0.1) is 0 Å². The molecule has 23 heavy (non-hydrogen) atoms. The number of carbonyl (C=O) groups is 1. The van der Waals surface area contributed by atoms with Gasteiger partial charge in [0.15, 0.2) is 0 Å². The van der Waals surface area contributed by atoms with Gasteiger partial charge in [0, 0.05) is 18.2 Å². The average Bonchev–Trinajstić information content (AvgIpc) is 2.93. The number of para-hydroxylation sites is 1. The summed E-state index contributed by atoms with van der Waals surface area (Å²) in [7, 11) is 2.23. The van der Waals surface area contributed by atoms with Gasteiger partial charge in [-0.15, -0.1) is 0 Å². The van der Waals surface area contributed by atoms with E-state index in [1.54, 1.807) is 11.0 Å². The first-order chi connectivity index (χ1) is 10.9. The fourth-order valence-electron chi connectivity index (χ4n) is 3.07. The molecule has 3 rings (SSSR count). The minimum atomic E-state index is -1.47. The molecule has 0 saturated carbocycles. The molecule has 1 aliphatic rings. The summed E-state index contributed by atoms with van der Waals surface area (Å²) < 4.78 is 14.2. The van der Waals surface area contributed by atoms with Crippen LogP contribution in [-0.4, -0.2) is 12.5 Å². The van der Waals surface area contributed by atoms with E-state index in [0.29, 0.717) is 12.1 Å². The van der Waals surface area contributed by atoms with Crippen molar-refractivity contribution in [2.75, 3.05) is 11.4 Å². The van der Waals surface area contributed by atoms with Gasteiger partial charge < -0.3 is 4.90 Å². The standard InChI is InChI=1S/C19H19FNOP/c1-3-18(22)21-12-16(15-9-4-5-10-17(15)21)13-7-6-8-14(11-13)19(2,20)23/h3-11,16H,1,12,23H2,2H3/t16-,19?/m1/s1. The largest absolute Gasteiger partial charge is 0.308 e. The number of nitrogens with zero attached hydrogens (tertiary/aromatic N) is 1. The van der Waals surface area contributed by atoms with Crippen LogP contribution >= 0.6 is 9.24 Å². The highest BCUT2D eigenvalue weighted by Gasteiger charge is 2.32. The van der Waals surface area contributed by atoms with E-state index in [0.717, 1.165) is 16.8 Å². The number of hydrogen-bond donors (Lipinski definition) is 0. The molecule has 0 spiro atoms. The molecule has 2 nitrogen and oxygen atoms in total. The van der Waals surface area contributed by atoms with Crippen LogP contribution in [0.15, 0.2) is 61.2 Å². The van der Waals surface area contributed by atoms with Gasteiger partial charge in [-0.3, -0.25) is 4.79 Å². The quantitative estimate of drug-likeness (QED) is 0.605. The molecule has 2 aromatic rings. The fourth-order valence-corrected chi connectivity index (χ4v) is 3.25. The molecule has 3 atom stereocenters. The molecule has 0 bridgehead atoms. The minimum Gasteiger partial charge on any atom is -0.308 e. The van der Waals surface area contributed by atoms with Crippen molar-refractivity contribution in [3.05, 3.63) is 77.9 Å². The maximum absolute atomic E-state index is 14.2. The summed E-state index contributed by atoms with van der Waals surface area (Å²) in [5.41, 5.74) is 3.62. The van der Waals surface area contributed by atoms with E-state index < -0.39 is 5.41 Å². The Morgan fingerprint density at radius 2 is 2.09 bits per heavy atom. The van der Waals surface area contributed by atoms with Crippen LogP contribution in [0.4, 0.5) is 10.1 Å². The van der Waals surface area contributed by atoms with Gasteiger partial charge in [-0.05, 0) is 35.8 Å². The highest BCUT2D eigenvalue weighted by Crippen LogP contribution is 2.41. The van der Waals surface area contributed by atoms with Crippen LogP contribution in [0.5, 0.6) is 0 Å². The predicted molar refractivity (Wildman–Crippen MR) is 95.4 cm³/mol. The molecule has 2 unspecified atom stereocenters. The summed E-state index contributed by atoms with van der Waals surface area (Å²) in [5.74, 6) is -0.0696. The van der Waals surface area contributed by atoms with E-state index in [-0.39, 0.29) is 11.8 Å². The first-order valence-electron chi connectivity index (χ1n) is 7.53. The van der Waals surface area contributed by atoms with Crippen LogP contribution < -0.4 is 4.90 Å². The number of halogens is 1. The van der Waals surface area contributed by atoms with Gasteiger partial charge in [0.25, 0.3) is 0 Å². The lowest BCUT2D eigenvalue weighted by Crippen LogP contribution is -2.28. The van der Waals surface area contributed by atoms with Gasteiger partial charge in [-0.25, -0.2) is 4.39 Å². The monoisotopic (exact) mass is 327 g/mol. The van der Waals surface area contributed by atoms with Gasteiger partial charge in [-0.1, -0.05) is 58.3 Å². The average molecular weight is 327 g/mol. The highest BCUT2D eigenvalue weighted by molar-refractivity contribution is 7.18.